The van der Waals surface area contributed by atoms with E-state index in [-0.39, 0.29) is 18.4 Å². The molecule has 1 aromatic rings. The molecule has 1 amide bonds. The van der Waals surface area contributed by atoms with E-state index in [0.717, 1.165) is 19.3 Å². The fraction of sp³-hybridized carbons (Fsp3) is 0.600. The van der Waals surface area contributed by atoms with Crippen molar-refractivity contribution in [1.82, 2.24) is 0 Å². The molecule has 26 heavy (non-hydrogen) atoms. The van der Waals surface area contributed by atoms with Gasteiger partial charge >= 0.3 is 5.97 Å². The molecule has 2 rings (SSSR count). The van der Waals surface area contributed by atoms with Gasteiger partial charge in [0.15, 0.2) is 0 Å². The van der Waals surface area contributed by atoms with Crippen LogP contribution in [0.1, 0.15) is 57.3 Å². The summed E-state index contributed by atoms with van der Waals surface area (Å²) in [5, 5.41) is 2.89. The van der Waals surface area contributed by atoms with Gasteiger partial charge in [-0.15, -0.1) is 0 Å². The monoisotopic (exact) mass is 363 g/mol. The number of nitrogens with one attached hydrogen (secondary N) is 1. The van der Waals surface area contributed by atoms with Crippen LogP contribution >= 0.6 is 0 Å². The molecular formula is C20H29NO5. The number of anilines is 1. The molecule has 0 bridgehead atoms. The summed E-state index contributed by atoms with van der Waals surface area (Å²) in [5.74, 6) is 0.0177. The van der Waals surface area contributed by atoms with Crippen molar-refractivity contribution in [2.45, 2.75) is 52.6 Å². The highest BCUT2D eigenvalue weighted by atomic mass is 16.5. The predicted molar refractivity (Wildman–Crippen MR) is 99.6 cm³/mol. The van der Waals surface area contributed by atoms with Crippen LogP contribution in [-0.4, -0.2) is 37.3 Å². The van der Waals surface area contributed by atoms with Crippen LogP contribution in [0.5, 0.6) is 5.75 Å². The third-order valence-corrected chi connectivity index (χ3v) is 4.45. The molecule has 0 aliphatic heterocycles. The Labute approximate surface area is 155 Å². The first kappa shape index (κ1) is 20.2. The lowest BCUT2D eigenvalue weighted by molar-refractivity contribution is -0.142. The standard InChI is InChI=1S/C20H29NO5/c1-5-12-26-20(4,14-8-9-14)19(23)21-15-10-11-17(24-6-2)16(13-15)18(22)25-7-3/h10-11,13-14H,5-9,12H2,1-4H3,(H,21,23). The van der Waals surface area contributed by atoms with E-state index in [2.05, 4.69) is 5.32 Å². The number of benzene rings is 1. The molecule has 0 aromatic heterocycles. The number of carbonyl (C=O) groups excluding carboxylic acids is 2. The van der Waals surface area contributed by atoms with Gasteiger partial charge in [-0.3, -0.25) is 4.79 Å². The van der Waals surface area contributed by atoms with Crippen LogP contribution in [0.4, 0.5) is 5.69 Å². The molecule has 1 unspecified atom stereocenters. The third kappa shape index (κ3) is 4.75. The quantitative estimate of drug-likeness (QED) is 0.640. The van der Waals surface area contributed by atoms with Gasteiger partial charge in [-0.25, -0.2) is 4.79 Å². The molecular weight excluding hydrogens is 334 g/mol. The zero-order valence-electron chi connectivity index (χ0n) is 16.1. The maximum atomic E-state index is 12.9. The molecule has 0 radical (unpaired) electrons. The predicted octanol–water partition coefficient (Wildman–Crippen LogP) is 3.80. The number of rotatable bonds is 10. The van der Waals surface area contributed by atoms with Crippen LogP contribution in [0.2, 0.25) is 0 Å². The number of hydrogen-bond donors (Lipinski definition) is 1. The Bertz CT molecular complexity index is 641. The molecule has 6 heteroatoms. The Morgan fingerprint density at radius 2 is 1.92 bits per heavy atom. The minimum Gasteiger partial charge on any atom is -0.493 e. The van der Waals surface area contributed by atoms with Crippen molar-refractivity contribution in [2.75, 3.05) is 25.1 Å². The van der Waals surface area contributed by atoms with E-state index in [0.29, 0.717) is 30.2 Å². The largest absolute Gasteiger partial charge is 0.493 e. The van der Waals surface area contributed by atoms with Gasteiger partial charge in [-0.05, 0) is 64.2 Å². The number of carbonyl (C=O) groups is 2. The van der Waals surface area contributed by atoms with Crippen molar-refractivity contribution >= 4 is 17.6 Å². The van der Waals surface area contributed by atoms with Gasteiger partial charge in [-0.2, -0.15) is 0 Å². The number of amides is 1. The average Bonchev–Trinajstić information content (AvgIpc) is 3.46. The van der Waals surface area contributed by atoms with Crippen molar-refractivity contribution in [3.8, 4) is 5.75 Å². The lowest BCUT2D eigenvalue weighted by Crippen LogP contribution is -2.45. The number of hydrogen-bond acceptors (Lipinski definition) is 5. The number of esters is 1. The minimum absolute atomic E-state index is 0.188. The average molecular weight is 363 g/mol. The highest BCUT2D eigenvalue weighted by Crippen LogP contribution is 2.42. The van der Waals surface area contributed by atoms with E-state index < -0.39 is 11.6 Å². The molecule has 0 spiro atoms. The Hall–Kier alpha value is -2.08. The molecule has 1 fully saturated rings. The van der Waals surface area contributed by atoms with Gasteiger partial charge in [0.05, 0.1) is 13.2 Å². The van der Waals surface area contributed by atoms with Gasteiger partial charge in [0.1, 0.15) is 16.9 Å². The van der Waals surface area contributed by atoms with E-state index >= 15 is 0 Å². The van der Waals surface area contributed by atoms with Crippen LogP contribution in [0.25, 0.3) is 0 Å². The summed E-state index contributed by atoms with van der Waals surface area (Å²) >= 11 is 0. The summed E-state index contributed by atoms with van der Waals surface area (Å²) in [7, 11) is 0. The Morgan fingerprint density at radius 3 is 2.50 bits per heavy atom. The van der Waals surface area contributed by atoms with E-state index in [4.69, 9.17) is 14.2 Å². The summed E-state index contributed by atoms with van der Waals surface area (Å²) in [6.45, 7) is 8.69. The molecule has 0 heterocycles. The van der Waals surface area contributed by atoms with E-state index in [1.807, 2.05) is 20.8 Å². The normalized spacial score (nSPS) is 15.8. The molecule has 1 saturated carbocycles. The van der Waals surface area contributed by atoms with Crippen molar-refractivity contribution in [2.24, 2.45) is 5.92 Å². The Balaban J connectivity index is 2.20. The number of ether oxygens (including phenoxy) is 3. The topological polar surface area (TPSA) is 73.9 Å². The maximum Gasteiger partial charge on any atom is 0.341 e. The first-order chi connectivity index (χ1) is 12.5. The van der Waals surface area contributed by atoms with E-state index in [1.54, 1.807) is 25.1 Å². The maximum absolute atomic E-state index is 12.9. The SMILES string of the molecule is CCCOC(C)(C(=O)Nc1ccc(OCC)c(C(=O)OCC)c1)C1CC1. The Morgan fingerprint density at radius 1 is 1.19 bits per heavy atom. The van der Waals surface area contributed by atoms with Gasteiger partial charge in [0, 0.05) is 12.3 Å². The molecule has 144 valence electrons. The van der Waals surface area contributed by atoms with Crippen LogP contribution < -0.4 is 10.1 Å². The van der Waals surface area contributed by atoms with Crippen LogP contribution in [-0.2, 0) is 14.3 Å². The third-order valence-electron chi connectivity index (χ3n) is 4.45. The van der Waals surface area contributed by atoms with Crippen molar-refractivity contribution in [3.05, 3.63) is 23.8 Å². The van der Waals surface area contributed by atoms with Gasteiger partial charge < -0.3 is 19.5 Å². The molecule has 6 nitrogen and oxygen atoms in total. The molecule has 1 aliphatic rings. The van der Waals surface area contributed by atoms with Gasteiger partial charge in [0.2, 0.25) is 0 Å². The highest BCUT2D eigenvalue weighted by molar-refractivity contribution is 6.00. The fourth-order valence-electron chi connectivity index (χ4n) is 2.83. The van der Waals surface area contributed by atoms with Crippen molar-refractivity contribution in [3.63, 3.8) is 0 Å². The lowest BCUT2D eigenvalue weighted by Gasteiger charge is -2.28. The van der Waals surface area contributed by atoms with Gasteiger partial charge in [0.25, 0.3) is 5.91 Å². The molecule has 1 N–H and O–H groups in total. The van der Waals surface area contributed by atoms with Crippen LogP contribution in [0, 0.1) is 5.92 Å². The lowest BCUT2D eigenvalue weighted by atomic mass is 9.98. The molecule has 1 aromatic carbocycles. The zero-order valence-corrected chi connectivity index (χ0v) is 16.1. The van der Waals surface area contributed by atoms with Crippen molar-refractivity contribution in [1.29, 1.82) is 0 Å². The first-order valence-corrected chi connectivity index (χ1v) is 9.35. The first-order valence-electron chi connectivity index (χ1n) is 9.35. The van der Waals surface area contributed by atoms with Gasteiger partial charge in [-0.1, -0.05) is 6.92 Å². The second-order valence-corrected chi connectivity index (χ2v) is 6.55. The minimum atomic E-state index is -0.849. The molecule has 0 saturated heterocycles. The second-order valence-electron chi connectivity index (χ2n) is 6.55. The van der Waals surface area contributed by atoms with Crippen LogP contribution in [0.15, 0.2) is 18.2 Å². The Kier molecular flexibility index (Phi) is 7.03. The van der Waals surface area contributed by atoms with Crippen molar-refractivity contribution < 1.29 is 23.8 Å². The summed E-state index contributed by atoms with van der Waals surface area (Å²) in [5.41, 5.74) is -0.0267. The summed E-state index contributed by atoms with van der Waals surface area (Å²) in [6, 6.07) is 4.99. The van der Waals surface area contributed by atoms with Crippen LogP contribution in [0.3, 0.4) is 0 Å². The highest BCUT2D eigenvalue weighted by Gasteiger charge is 2.48. The summed E-state index contributed by atoms with van der Waals surface area (Å²) in [4.78, 5) is 25.1. The summed E-state index contributed by atoms with van der Waals surface area (Å²) in [6.07, 6.45) is 2.83. The second kappa shape index (κ2) is 9.03. The smallest absolute Gasteiger partial charge is 0.341 e. The zero-order chi connectivity index (χ0) is 19.2. The van der Waals surface area contributed by atoms with E-state index in [1.165, 1.54) is 0 Å². The molecule has 1 atom stereocenters. The van der Waals surface area contributed by atoms with E-state index in [9.17, 15) is 9.59 Å². The molecule has 1 aliphatic carbocycles. The summed E-state index contributed by atoms with van der Waals surface area (Å²) < 4.78 is 16.5. The fourth-order valence-corrected chi connectivity index (χ4v) is 2.83.